The zero-order chi connectivity index (χ0) is 15.4. The molecule has 0 atom stereocenters. The van der Waals surface area contributed by atoms with Crippen LogP contribution in [-0.2, 0) is 13.1 Å². The van der Waals surface area contributed by atoms with Gasteiger partial charge in [0.1, 0.15) is 0 Å². The molecule has 0 unspecified atom stereocenters. The molecule has 6 heteroatoms. The van der Waals surface area contributed by atoms with Crippen molar-refractivity contribution < 1.29 is 4.79 Å². The number of hydrogen-bond acceptors (Lipinski definition) is 4. The van der Waals surface area contributed by atoms with Gasteiger partial charge in [-0.3, -0.25) is 9.69 Å². The molecule has 1 saturated heterocycles. The lowest BCUT2D eigenvalue weighted by molar-refractivity contribution is 0.0945. The number of H-pyrrole nitrogens is 1. The fourth-order valence-electron chi connectivity index (χ4n) is 2.73. The summed E-state index contributed by atoms with van der Waals surface area (Å²) in [6.45, 7) is 5.68. The van der Waals surface area contributed by atoms with E-state index in [1.807, 2.05) is 0 Å². The number of rotatable bonds is 5. The minimum Gasteiger partial charge on any atom is -0.347 e. The second kappa shape index (κ2) is 6.70. The van der Waals surface area contributed by atoms with Crippen LogP contribution in [-0.4, -0.2) is 39.3 Å². The Bertz CT molecular complexity index is 628. The van der Waals surface area contributed by atoms with Crippen LogP contribution < -0.4 is 5.32 Å². The van der Waals surface area contributed by atoms with Gasteiger partial charge in [-0.15, -0.1) is 0 Å². The van der Waals surface area contributed by atoms with E-state index < -0.39 is 0 Å². The molecular weight excluding hydrogens is 278 g/mol. The van der Waals surface area contributed by atoms with Gasteiger partial charge in [-0.25, -0.2) is 0 Å². The first-order valence-electron chi connectivity index (χ1n) is 7.68. The van der Waals surface area contributed by atoms with Gasteiger partial charge in [0, 0.05) is 13.1 Å². The van der Waals surface area contributed by atoms with Crippen molar-refractivity contribution in [1.29, 1.82) is 0 Å². The van der Waals surface area contributed by atoms with Crippen LogP contribution in [0, 0.1) is 6.92 Å². The Morgan fingerprint density at radius 1 is 1.18 bits per heavy atom. The van der Waals surface area contributed by atoms with E-state index in [9.17, 15) is 4.79 Å². The number of nitrogens with one attached hydrogen (secondary N) is 2. The summed E-state index contributed by atoms with van der Waals surface area (Å²) in [7, 11) is 0. The van der Waals surface area contributed by atoms with Gasteiger partial charge < -0.3 is 5.32 Å². The molecule has 1 fully saturated rings. The Hall–Kier alpha value is -2.21. The van der Waals surface area contributed by atoms with Crippen LogP contribution in [0.1, 0.15) is 40.2 Å². The van der Waals surface area contributed by atoms with E-state index >= 15 is 0 Å². The monoisotopic (exact) mass is 299 g/mol. The highest BCUT2D eigenvalue weighted by Crippen LogP contribution is 2.13. The minimum atomic E-state index is -0.201. The third-order valence-electron chi connectivity index (χ3n) is 4.02. The number of carbonyl (C=O) groups excluding carboxylic acids is 1. The summed E-state index contributed by atoms with van der Waals surface area (Å²) in [4.78, 5) is 14.4. The van der Waals surface area contributed by atoms with Crippen LogP contribution in [0.3, 0.4) is 0 Å². The van der Waals surface area contributed by atoms with E-state index in [1.165, 1.54) is 31.5 Å². The molecule has 2 aromatic rings. The fraction of sp³-hybridized carbons (Fsp3) is 0.438. The maximum Gasteiger partial charge on any atom is 0.274 e. The average Bonchev–Trinajstić information content (AvgIpc) is 3.18. The molecule has 1 aromatic heterocycles. The molecule has 1 aliphatic heterocycles. The molecule has 0 bridgehead atoms. The third-order valence-corrected chi connectivity index (χ3v) is 4.02. The number of nitrogens with zero attached hydrogens (tertiary/aromatic N) is 3. The Labute approximate surface area is 129 Å². The maximum absolute atomic E-state index is 12.0. The van der Waals surface area contributed by atoms with Crippen molar-refractivity contribution in [2.24, 2.45) is 0 Å². The number of aryl methyl sites for hydroxylation is 1. The molecular formula is C16H21N5O. The summed E-state index contributed by atoms with van der Waals surface area (Å²) in [5, 5.41) is 13.0. The fourth-order valence-corrected chi connectivity index (χ4v) is 2.73. The molecule has 2 heterocycles. The van der Waals surface area contributed by atoms with E-state index in [4.69, 9.17) is 0 Å². The molecule has 6 nitrogen and oxygen atoms in total. The van der Waals surface area contributed by atoms with Gasteiger partial charge in [-0.05, 0) is 44.0 Å². The molecule has 0 saturated carbocycles. The number of benzene rings is 1. The standard InChI is InChI=1S/C16H21N5O/c1-12-15(19-20-18-12)16(22)17-10-13-4-6-14(7-5-13)11-21-8-2-3-9-21/h4-7H,2-3,8-11H2,1H3,(H,17,22)(H,18,19,20). The zero-order valence-electron chi connectivity index (χ0n) is 12.8. The largest absolute Gasteiger partial charge is 0.347 e. The average molecular weight is 299 g/mol. The van der Waals surface area contributed by atoms with Crippen LogP contribution >= 0.6 is 0 Å². The van der Waals surface area contributed by atoms with E-state index in [1.54, 1.807) is 6.92 Å². The molecule has 0 spiro atoms. The van der Waals surface area contributed by atoms with Crippen molar-refractivity contribution in [3.8, 4) is 0 Å². The van der Waals surface area contributed by atoms with Crippen molar-refractivity contribution in [3.63, 3.8) is 0 Å². The van der Waals surface area contributed by atoms with Crippen LogP contribution in [0.4, 0.5) is 0 Å². The SMILES string of the molecule is Cc1n[nH]nc1C(=O)NCc1ccc(CN2CCCC2)cc1. The van der Waals surface area contributed by atoms with Gasteiger partial charge in [0.05, 0.1) is 5.69 Å². The van der Waals surface area contributed by atoms with E-state index in [0.29, 0.717) is 17.9 Å². The zero-order valence-corrected chi connectivity index (χ0v) is 12.8. The minimum absolute atomic E-state index is 0.201. The molecule has 3 rings (SSSR count). The summed E-state index contributed by atoms with van der Waals surface area (Å²) >= 11 is 0. The van der Waals surface area contributed by atoms with Crippen LogP contribution in [0.25, 0.3) is 0 Å². The van der Waals surface area contributed by atoms with Gasteiger partial charge in [0.25, 0.3) is 5.91 Å². The van der Waals surface area contributed by atoms with Crippen LogP contribution in [0.5, 0.6) is 0 Å². The smallest absolute Gasteiger partial charge is 0.274 e. The third kappa shape index (κ3) is 3.51. The molecule has 0 radical (unpaired) electrons. The topological polar surface area (TPSA) is 73.9 Å². The van der Waals surface area contributed by atoms with Crippen LogP contribution in [0.15, 0.2) is 24.3 Å². The van der Waals surface area contributed by atoms with Gasteiger partial charge in [0.15, 0.2) is 5.69 Å². The quantitative estimate of drug-likeness (QED) is 0.880. The summed E-state index contributed by atoms with van der Waals surface area (Å²) in [6.07, 6.45) is 2.62. The number of aromatic nitrogens is 3. The highest BCUT2D eigenvalue weighted by Gasteiger charge is 2.13. The lowest BCUT2D eigenvalue weighted by Gasteiger charge is -2.14. The second-order valence-electron chi connectivity index (χ2n) is 5.74. The Kier molecular flexibility index (Phi) is 4.48. The highest BCUT2D eigenvalue weighted by molar-refractivity contribution is 5.92. The Morgan fingerprint density at radius 3 is 2.50 bits per heavy atom. The van der Waals surface area contributed by atoms with E-state index in [2.05, 4.69) is 49.9 Å². The molecule has 1 aromatic carbocycles. The Morgan fingerprint density at radius 2 is 1.86 bits per heavy atom. The molecule has 116 valence electrons. The number of carbonyl (C=O) groups is 1. The van der Waals surface area contributed by atoms with Crippen molar-refractivity contribution in [2.45, 2.75) is 32.9 Å². The van der Waals surface area contributed by atoms with Gasteiger partial charge >= 0.3 is 0 Å². The number of likely N-dealkylation sites (tertiary alicyclic amines) is 1. The highest BCUT2D eigenvalue weighted by atomic mass is 16.2. The number of amides is 1. The van der Waals surface area contributed by atoms with Crippen molar-refractivity contribution in [3.05, 3.63) is 46.8 Å². The van der Waals surface area contributed by atoms with Crippen molar-refractivity contribution >= 4 is 5.91 Å². The summed E-state index contributed by atoms with van der Waals surface area (Å²) in [6, 6.07) is 8.42. The molecule has 1 aliphatic rings. The predicted octanol–water partition coefficient (Wildman–Crippen LogP) is 1.64. The molecule has 22 heavy (non-hydrogen) atoms. The number of aromatic amines is 1. The summed E-state index contributed by atoms with van der Waals surface area (Å²) in [5.41, 5.74) is 3.37. The first-order chi connectivity index (χ1) is 10.7. The van der Waals surface area contributed by atoms with Crippen LogP contribution in [0.2, 0.25) is 0 Å². The van der Waals surface area contributed by atoms with E-state index in [-0.39, 0.29) is 5.91 Å². The van der Waals surface area contributed by atoms with E-state index in [0.717, 1.165) is 12.1 Å². The van der Waals surface area contributed by atoms with Crippen molar-refractivity contribution in [2.75, 3.05) is 13.1 Å². The molecule has 1 amide bonds. The molecule has 0 aliphatic carbocycles. The lowest BCUT2D eigenvalue weighted by atomic mass is 10.1. The maximum atomic E-state index is 12.0. The molecule has 2 N–H and O–H groups in total. The summed E-state index contributed by atoms with van der Waals surface area (Å²) in [5.74, 6) is -0.201. The summed E-state index contributed by atoms with van der Waals surface area (Å²) < 4.78 is 0. The van der Waals surface area contributed by atoms with Gasteiger partial charge in [0.2, 0.25) is 0 Å². The normalized spacial score (nSPS) is 15.1. The number of hydrogen-bond donors (Lipinski definition) is 2. The van der Waals surface area contributed by atoms with Gasteiger partial charge in [-0.1, -0.05) is 24.3 Å². The first-order valence-corrected chi connectivity index (χ1v) is 7.68. The predicted molar refractivity (Wildman–Crippen MR) is 83.2 cm³/mol. The first kappa shape index (κ1) is 14.7. The lowest BCUT2D eigenvalue weighted by Crippen LogP contribution is -2.24. The Balaban J connectivity index is 1.52. The second-order valence-corrected chi connectivity index (χ2v) is 5.74. The van der Waals surface area contributed by atoms with Crippen molar-refractivity contribution in [1.82, 2.24) is 25.6 Å². The van der Waals surface area contributed by atoms with Gasteiger partial charge in [-0.2, -0.15) is 15.4 Å².